The summed E-state index contributed by atoms with van der Waals surface area (Å²) in [6.45, 7) is 3.34. The molecule has 6 heteroatoms. The summed E-state index contributed by atoms with van der Waals surface area (Å²) in [7, 11) is 0. The molecule has 4 nitrogen and oxygen atoms in total. The first kappa shape index (κ1) is 15.3. The Kier molecular flexibility index (Phi) is 4.38. The maximum atomic E-state index is 13.6. The molecule has 3 rings (SSSR count). The first-order chi connectivity index (χ1) is 10.6. The van der Waals surface area contributed by atoms with E-state index in [-0.39, 0.29) is 23.3 Å². The molecule has 1 heterocycles. The summed E-state index contributed by atoms with van der Waals surface area (Å²) in [4.78, 5) is 26.4. The Balaban J connectivity index is 1.80. The molecule has 1 aromatic carbocycles. The number of nitrogens with one attached hydrogen (secondary N) is 1. The monoisotopic (exact) mass is 322 g/mol. The highest BCUT2D eigenvalue weighted by Gasteiger charge is 2.39. The number of hydrogen-bond donors (Lipinski definition) is 1. The number of rotatable bonds is 3. The van der Waals surface area contributed by atoms with Crippen molar-refractivity contribution in [3.63, 3.8) is 0 Å². The number of carbonyl (C=O) groups excluding carboxylic acids is 2. The van der Waals surface area contributed by atoms with Crippen molar-refractivity contribution in [1.29, 1.82) is 0 Å². The van der Waals surface area contributed by atoms with E-state index >= 15 is 0 Å². The minimum Gasteiger partial charge on any atom is -0.337 e. The molecule has 1 saturated carbocycles. The molecule has 1 aliphatic heterocycles. The van der Waals surface area contributed by atoms with Gasteiger partial charge in [-0.3, -0.25) is 9.59 Å². The van der Waals surface area contributed by atoms with Crippen LogP contribution < -0.4 is 5.32 Å². The molecule has 2 atom stereocenters. The fourth-order valence-corrected chi connectivity index (χ4v) is 3.56. The highest BCUT2D eigenvalue weighted by Crippen LogP contribution is 2.38. The Bertz CT molecular complexity index is 602. The topological polar surface area (TPSA) is 49.4 Å². The number of amides is 2. The van der Waals surface area contributed by atoms with Crippen LogP contribution in [0.1, 0.15) is 23.7 Å². The van der Waals surface area contributed by atoms with Gasteiger partial charge in [-0.1, -0.05) is 6.92 Å². The smallest absolute Gasteiger partial charge is 0.256 e. The van der Waals surface area contributed by atoms with Crippen LogP contribution in [0.3, 0.4) is 0 Å². The summed E-state index contributed by atoms with van der Waals surface area (Å²) in [6, 6.07) is 3.97. The van der Waals surface area contributed by atoms with Crippen molar-refractivity contribution in [2.45, 2.75) is 13.3 Å². The van der Waals surface area contributed by atoms with Gasteiger partial charge in [-0.05, 0) is 30.5 Å². The van der Waals surface area contributed by atoms with E-state index in [2.05, 4.69) is 5.32 Å². The molecule has 22 heavy (non-hydrogen) atoms. The Morgan fingerprint density at radius 3 is 2.64 bits per heavy atom. The number of nitrogens with zero attached hydrogens (tertiary/aromatic N) is 1. The van der Waals surface area contributed by atoms with Gasteiger partial charge in [-0.25, -0.2) is 4.39 Å². The molecule has 0 unspecified atom stereocenters. The zero-order valence-corrected chi connectivity index (χ0v) is 13.3. The maximum absolute atomic E-state index is 13.6. The van der Waals surface area contributed by atoms with Crippen molar-refractivity contribution in [3.8, 4) is 0 Å². The Labute approximate surface area is 133 Å². The van der Waals surface area contributed by atoms with Gasteiger partial charge >= 0.3 is 0 Å². The van der Waals surface area contributed by atoms with Crippen LogP contribution in [-0.4, -0.2) is 41.3 Å². The van der Waals surface area contributed by atoms with E-state index in [0.717, 1.165) is 17.9 Å². The molecule has 118 valence electrons. The highest BCUT2D eigenvalue weighted by atomic mass is 32.2. The van der Waals surface area contributed by atoms with Crippen LogP contribution in [0.2, 0.25) is 0 Å². The van der Waals surface area contributed by atoms with Gasteiger partial charge in [0.25, 0.3) is 5.91 Å². The van der Waals surface area contributed by atoms with Gasteiger partial charge in [0.2, 0.25) is 5.91 Å². The number of halogens is 1. The van der Waals surface area contributed by atoms with Crippen LogP contribution >= 0.6 is 11.8 Å². The van der Waals surface area contributed by atoms with Gasteiger partial charge in [-0.2, -0.15) is 11.8 Å². The average Bonchev–Trinajstić information content (AvgIpc) is 3.26. The Morgan fingerprint density at radius 1 is 1.32 bits per heavy atom. The molecule has 2 fully saturated rings. The molecule has 0 aromatic heterocycles. The van der Waals surface area contributed by atoms with Crippen LogP contribution in [0.5, 0.6) is 0 Å². The fourth-order valence-electron chi connectivity index (χ4n) is 2.65. The highest BCUT2D eigenvalue weighted by molar-refractivity contribution is 7.99. The lowest BCUT2D eigenvalue weighted by Crippen LogP contribution is -2.38. The summed E-state index contributed by atoms with van der Waals surface area (Å²) in [5, 5.41) is 2.79. The lowest BCUT2D eigenvalue weighted by atomic mass is 10.1. The van der Waals surface area contributed by atoms with E-state index in [1.54, 1.807) is 16.7 Å². The number of anilines is 1. The quantitative estimate of drug-likeness (QED) is 0.930. The zero-order valence-electron chi connectivity index (χ0n) is 12.5. The fraction of sp³-hybridized carbons (Fsp3) is 0.500. The van der Waals surface area contributed by atoms with Crippen LogP contribution in [0.4, 0.5) is 10.1 Å². The number of thioether (sulfide) groups is 1. The van der Waals surface area contributed by atoms with Gasteiger partial charge in [0.1, 0.15) is 5.82 Å². The van der Waals surface area contributed by atoms with Crippen molar-refractivity contribution in [3.05, 3.63) is 29.6 Å². The predicted molar refractivity (Wildman–Crippen MR) is 85.5 cm³/mol. The van der Waals surface area contributed by atoms with Gasteiger partial charge in [0.15, 0.2) is 0 Å². The molecule has 1 N–H and O–H groups in total. The summed E-state index contributed by atoms with van der Waals surface area (Å²) in [5.41, 5.74) is 0.655. The molecule has 1 aromatic rings. The molecule has 0 spiro atoms. The van der Waals surface area contributed by atoms with E-state index in [9.17, 15) is 14.0 Å². The van der Waals surface area contributed by atoms with Crippen molar-refractivity contribution in [2.75, 3.05) is 29.9 Å². The van der Waals surface area contributed by atoms with Gasteiger partial charge < -0.3 is 10.2 Å². The number of hydrogen-bond acceptors (Lipinski definition) is 3. The third-order valence-corrected chi connectivity index (χ3v) is 5.16. The second-order valence-electron chi connectivity index (χ2n) is 5.90. The van der Waals surface area contributed by atoms with E-state index in [4.69, 9.17) is 0 Å². The van der Waals surface area contributed by atoms with E-state index in [0.29, 0.717) is 24.7 Å². The molecular formula is C16H19FN2O2S. The minimum atomic E-state index is -0.465. The molecule has 0 bridgehead atoms. The third kappa shape index (κ3) is 3.27. The van der Waals surface area contributed by atoms with E-state index < -0.39 is 5.82 Å². The number of benzene rings is 1. The molecule has 2 amide bonds. The molecule has 2 aliphatic rings. The normalized spacial score (nSPS) is 24.0. The summed E-state index contributed by atoms with van der Waals surface area (Å²) in [6.07, 6.45) is 0.875. The van der Waals surface area contributed by atoms with Crippen LogP contribution in [0.25, 0.3) is 0 Å². The van der Waals surface area contributed by atoms with Gasteiger partial charge in [0.05, 0.1) is 11.3 Å². The first-order valence-corrected chi connectivity index (χ1v) is 8.69. The number of carbonyl (C=O) groups is 2. The Morgan fingerprint density at radius 2 is 2.00 bits per heavy atom. The first-order valence-electron chi connectivity index (χ1n) is 7.53. The summed E-state index contributed by atoms with van der Waals surface area (Å²) >= 11 is 1.80. The lowest BCUT2D eigenvalue weighted by molar-refractivity contribution is -0.117. The lowest BCUT2D eigenvalue weighted by Gasteiger charge is -2.27. The third-order valence-electron chi connectivity index (χ3n) is 4.21. The van der Waals surface area contributed by atoms with Gasteiger partial charge in [-0.15, -0.1) is 0 Å². The maximum Gasteiger partial charge on any atom is 0.256 e. The van der Waals surface area contributed by atoms with E-state index in [1.165, 1.54) is 18.2 Å². The molecular weight excluding hydrogens is 303 g/mol. The molecule has 0 radical (unpaired) electrons. The van der Waals surface area contributed by atoms with Crippen molar-refractivity contribution >= 4 is 29.3 Å². The van der Waals surface area contributed by atoms with Crippen LogP contribution in [-0.2, 0) is 4.79 Å². The largest absolute Gasteiger partial charge is 0.337 e. The SMILES string of the molecule is C[C@@H]1C[C@@H]1C(=O)Nc1ccc(F)cc1C(=O)N1CCSCC1. The predicted octanol–water partition coefficient (Wildman–Crippen LogP) is 2.61. The minimum absolute atomic E-state index is 0.0133. The molecule has 1 saturated heterocycles. The summed E-state index contributed by atoms with van der Waals surface area (Å²) < 4.78 is 13.6. The standard InChI is InChI=1S/C16H19FN2O2S/c1-10-8-12(10)15(20)18-14-3-2-11(17)9-13(14)16(21)19-4-6-22-7-5-19/h2-3,9-10,12H,4-8H2,1H3,(H,18,20)/t10-,12+/m1/s1. The second kappa shape index (κ2) is 6.28. The van der Waals surface area contributed by atoms with Crippen molar-refractivity contribution in [1.82, 2.24) is 4.90 Å². The van der Waals surface area contributed by atoms with E-state index in [1.807, 2.05) is 6.92 Å². The van der Waals surface area contributed by atoms with Crippen LogP contribution in [0.15, 0.2) is 18.2 Å². The Hall–Kier alpha value is -1.56. The van der Waals surface area contributed by atoms with Crippen molar-refractivity contribution < 1.29 is 14.0 Å². The molecule has 1 aliphatic carbocycles. The summed E-state index contributed by atoms with van der Waals surface area (Å²) in [5.74, 6) is 1.43. The average molecular weight is 322 g/mol. The van der Waals surface area contributed by atoms with Crippen molar-refractivity contribution in [2.24, 2.45) is 11.8 Å². The zero-order chi connectivity index (χ0) is 15.7. The van der Waals surface area contributed by atoms with Gasteiger partial charge in [0, 0.05) is 30.5 Å². The van der Waals surface area contributed by atoms with Crippen LogP contribution in [0, 0.1) is 17.7 Å². The second-order valence-corrected chi connectivity index (χ2v) is 7.13.